The van der Waals surface area contributed by atoms with Gasteiger partial charge in [0.1, 0.15) is 11.2 Å². The Kier molecular flexibility index (Phi) is 8.53. The van der Waals surface area contributed by atoms with Crippen LogP contribution in [-0.4, -0.2) is 0 Å². The SMILES string of the molecule is c1cc(-c2cccc3oc4ccccc4c23)cc(N(c2ccc(-c3ccc(-c4ccc5ccc6ccccc6c5c4)cc3)cc2)c2ccc(-c3cccc4ccccc34)cc2)c1. The van der Waals surface area contributed by atoms with Crippen LogP contribution in [0, 0.1) is 0 Å². The van der Waals surface area contributed by atoms with E-state index in [4.69, 9.17) is 4.42 Å². The van der Waals surface area contributed by atoms with E-state index in [9.17, 15) is 0 Å². The molecule has 290 valence electrons. The van der Waals surface area contributed by atoms with Crippen LogP contribution < -0.4 is 4.90 Å². The Morgan fingerprint density at radius 3 is 1.52 bits per heavy atom. The fourth-order valence-corrected chi connectivity index (χ4v) is 9.38. The van der Waals surface area contributed by atoms with Gasteiger partial charge in [0, 0.05) is 27.8 Å². The normalized spacial score (nSPS) is 11.5. The average Bonchev–Trinajstić information content (AvgIpc) is 3.74. The molecule has 0 saturated carbocycles. The zero-order valence-corrected chi connectivity index (χ0v) is 33.9. The summed E-state index contributed by atoms with van der Waals surface area (Å²) in [7, 11) is 0. The van der Waals surface area contributed by atoms with Gasteiger partial charge in [0.2, 0.25) is 0 Å². The van der Waals surface area contributed by atoms with Gasteiger partial charge in [0.05, 0.1) is 0 Å². The van der Waals surface area contributed by atoms with E-state index in [1.807, 2.05) is 12.1 Å². The Bertz CT molecular complexity index is 3610. The lowest BCUT2D eigenvalue weighted by Gasteiger charge is -2.26. The molecule has 0 fully saturated rings. The predicted molar refractivity (Wildman–Crippen MR) is 263 cm³/mol. The summed E-state index contributed by atoms with van der Waals surface area (Å²) < 4.78 is 6.30. The van der Waals surface area contributed by atoms with E-state index in [2.05, 4.69) is 229 Å². The minimum atomic E-state index is 0.893. The highest BCUT2D eigenvalue weighted by molar-refractivity contribution is 6.13. The lowest BCUT2D eigenvalue weighted by Crippen LogP contribution is -2.10. The summed E-state index contributed by atoms with van der Waals surface area (Å²) in [5, 5.41) is 9.84. The van der Waals surface area contributed by atoms with Crippen LogP contribution in [-0.2, 0) is 0 Å². The number of benzene rings is 11. The molecule has 2 heteroatoms. The second-order valence-corrected chi connectivity index (χ2v) is 16.1. The number of fused-ring (bicyclic) bond motifs is 7. The molecule has 0 atom stereocenters. The summed E-state index contributed by atoms with van der Waals surface area (Å²) in [6.07, 6.45) is 0. The van der Waals surface area contributed by atoms with Crippen molar-refractivity contribution in [3.05, 3.63) is 237 Å². The van der Waals surface area contributed by atoms with E-state index in [-0.39, 0.29) is 0 Å². The maximum absolute atomic E-state index is 6.30. The fourth-order valence-electron chi connectivity index (χ4n) is 9.38. The molecule has 0 unspecified atom stereocenters. The first-order valence-electron chi connectivity index (χ1n) is 21.2. The highest BCUT2D eigenvalue weighted by Crippen LogP contribution is 2.42. The Morgan fingerprint density at radius 1 is 0.258 bits per heavy atom. The maximum Gasteiger partial charge on any atom is 0.136 e. The molecular weight excluding hydrogens is 751 g/mol. The minimum Gasteiger partial charge on any atom is -0.456 e. The summed E-state index contributed by atoms with van der Waals surface area (Å²) in [5.74, 6) is 0. The van der Waals surface area contributed by atoms with Crippen molar-refractivity contribution in [3.8, 4) is 44.5 Å². The molecule has 11 aromatic carbocycles. The third-order valence-electron chi connectivity index (χ3n) is 12.5. The molecule has 0 aliphatic rings. The third kappa shape index (κ3) is 6.20. The smallest absolute Gasteiger partial charge is 0.136 e. The van der Waals surface area contributed by atoms with Crippen molar-refractivity contribution in [2.24, 2.45) is 0 Å². The van der Waals surface area contributed by atoms with Crippen molar-refractivity contribution in [1.82, 2.24) is 0 Å². The summed E-state index contributed by atoms with van der Waals surface area (Å²) >= 11 is 0. The monoisotopic (exact) mass is 789 g/mol. The molecule has 0 N–H and O–H groups in total. The van der Waals surface area contributed by atoms with Gasteiger partial charge in [0.15, 0.2) is 0 Å². The van der Waals surface area contributed by atoms with Crippen LogP contribution in [0.1, 0.15) is 0 Å². The highest BCUT2D eigenvalue weighted by atomic mass is 16.3. The fraction of sp³-hybridized carbons (Fsp3) is 0. The molecule has 0 aliphatic carbocycles. The topological polar surface area (TPSA) is 16.4 Å². The number of hydrogen-bond donors (Lipinski definition) is 0. The highest BCUT2D eigenvalue weighted by Gasteiger charge is 2.17. The second-order valence-electron chi connectivity index (χ2n) is 16.1. The number of para-hydroxylation sites is 1. The summed E-state index contributed by atoms with van der Waals surface area (Å²) in [4.78, 5) is 2.36. The second kappa shape index (κ2) is 14.8. The van der Waals surface area contributed by atoms with Crippen LogP contribution in [0.2, 0.25) is 0 Å². The quantitative estimate of drug-likeness (QED) is 0.150. The van der Waals surface area contributed by atoms with Gasteiger partial charge < -0.3 is 9.32 Å². The lowest BCUT2D eigenvalue weighted by atomic mass is 9.96. The van der Waals surface area contributed by atoms with Crippen molar-refractivity contribution in [1.29, 1.82) is 0 Å². The molecule has 0 aliphatic heterocycles. The first-order chi connectivity index (χ1) is 30.7. The first kappa shape index (κ1) is 35.7. The van der Waals surface area contributed by atoms with Crippen molar-refractivity contribution < 1.29 is 4.42 Å². The zero-order chi connectivity index (χ0) is 41.0. The van der Waals surface area contributed by atoms with Gasteiger partial charge in [-0.05, 0) is 131 Å². The predicted octanol–water partition coefficient (Wildman–Crippen LogP) is 17.2. The van der Waals surface area contributed by atoms with Crippen molar-refractivity contribution in [2.45, 2.75) is 0 Å². The van der Waals surface area contributed by atoms with E-state index in [0.717, 1.165) is 50.1 Å². The van der Waals surface area contributed by atoms with E-state index < -0.39 is 0 Å². The average molecular weight is 790 g/mol. The number of furan rings is 1. The van der Waals surface area contributed by atoms with Gasteiger partial charge in [-0.3, -0.25) is 0 Å². The molecule has 0 spiro atoms. The van der Waals surface area contributed by atoms with E-state index >= 15 is 0 Å². The van der Waals surface area contributed by atoms with Crippen LogP contribution in [0.25, 0.3) is 98.8 Å². The van der Waals surface area contributed by atoms with Gasteiger partial charge in [-0.2, -0.15) is 0 Å². The largest absolute Gasteiger partial charge is 0.456 e. The van der Waals surface area contributed by atoms with Crippen LogP contribution >= 0.6 is 0 Å². The molecule has 0 radical (unpaired) electrons. The summed E-state index contributed by atoms with van der Waals surface area (Å²) in [5.41, 5.74) is 14.5. The molecule has 62 heavy (non-hydrogen) atoms. The Balaban J connectivity index is 0.918. The molecule has 0 amide bonds. The van der Waals surface area contributed by atoms with Gasteiger partial charge in [0.25, 0.3) is 0 Å². The standard InChI is InChI=1S/C60H39NO/c1-3-15-52-43(10-1)12-8-18-53(52)45-32-36-50(37-33-45)61(51-14-7-13-48(38-51)55-19-9-21-59-60(55)56-17-5-6-20-58(56)62-59)49-34-30-41(31-35-49)40-22-24-42(25-23-40)47-29-28-46-27-26-44-11-2-4-16-54(44)57(46)39-47/h1-39H. The maximum atomic E-state index is 6.30. The van der Waals surface area contributed by atoms with Crippen LogP contribution in [0.15, 0.2) is 241 Å². The molecule has 12 aromatic rings. The Labute approximate surface area is 360 Å². The van der Waals surface area contributed by atoms with Gasteiger partial charge >= 0.3 is 0 Å². The van der Waals surface area contributed by atoms with E-state index in [1.165, 1.54) is 65.7 Å². The van der Waals surface area contributed by atoms with Crippen LogP contribution in [0.4, 0.5) is 17.1 Å². The van der Waals surface area contributed by atoms with E-state index in [0.29, 0.717) is 0 Å². The first-order valence-corrected chi connectivity index (χ1v) is 21.2. The Hall–Kier alpha value is -8.20. The van der Waals surface area contributed by atoms with Crippen molar-refractivity contribution >= 4 is 71.3 Å². The Morgan fingerprint density at radius 2 is 0.758 bits per heavy atom. The third-order valence-corrected chi connectivity index (χ3v) is 12.5. The van der Waals surface area contributed by atoms with Crippen LogP contribution in [0.5, 0.6) is 0 Å². The van der Waals surface area contributed by atoms with Crippen molar-refractivity contribution in [3.63, 3.8) is 0 Å². The van der Waals surface area contributed by atoms with Crippen LogP contribution in [0.3, 0.4) is 0 Å². The number of hydrogen-bond acceptors (Lipinski definition) is 2. The van der Waals surface area contributed by atoms with Gasteiger partial charge in [-0.1, -0.05) is 182 Å². The number of rotatable bonds is 7. The number of nitrogens with zero attached hydrogens (tertiary/aromatic N) is 1. The zero-order valence-electron chi connectivity index (χ0n) is 33.9. The van der Waals surface area contributed by atoms with Gasteiger partial charge in [-0.15, -0.1) is 0 Å². The number of anilines is 3. The molecular formula is C60H39NO. The molecule has 1 aromatic heterocycles. The molecule has 12 rings (SSSR count). The van der Waals surface area contributed by atoms with Gasteiger partial charge in [-0.25, -0.2) is 0 Å². The molecule has 0 bridgehead atoms. The minimum absolute atomic E-state index is 0.893. The summed E-state index contributed by atoms with van der Waals surface area (Å²) in [6, 6.07) is 85.5. The molecule has 1 heterocycles. The van der Waals surface area contributed by atoms with Crippen molar-refractivity contribution in [2.75, 3.05) is 4.90 Å². The summed E-state index contributed by atoms with van der Waals surface area (Å²) in [6.45, 7) is 0. The lowest BCUT2D eigenvalue weighted by molar-refractivity contribution is 0.669. The molecule has 2 nitrogen and oxygen atoms in total. The van der Waals surface area contributed by atoms with E-state index in [1.54, 1.807) is 0 Å². The molecule has 0 saturated heterocycles.